The summed E-state index contributed by atoms with van der Waals surface area (Å²) in [6.07, 6.45) is -8.10. The second-order valence-corrected chi connectivity index (χ2v) is 9.02. The smallest absolute Gasteiger partial charge is 0.306 e. The van der Waals surface area contributed by atoms with Gasteiger partial charge in [-0.2, -0.15) is 0 Å². The molecule has 1 heterocycles. The number of rotatable bonds is 13. The van der Waals surface area contributed by atoms with Crippen LogP contribution >= 0.6 is 0 Å². The monoisotopic (exact) mass is 480 g/mol. The number of hydrogen-bond donors (Lipinski definition) is 4. The van der Waals surface area contributed by atoms with Crippen molar-refractivity contribution in [1.29, 1.82) is 0 Å². The van der Waals surface area contributed by atoms with Gasteiger partial charge in [-0.15, -0.1) is 0 Å². The van der Waals surface area contributed by atoms with E-state index >= 15 is 0 Å². The summed E-state index contributed by atoms with van der Waals surface area (Å²) >= 11 is 0. The van der Waals surface area contributed by atoms with Crippen molar-refractivity contribution in [3.8, 4) is 0 Å². The fourth-order valence-electron chi connectivity index (χ4n) is 3.01. The van der Waals surface area contributed by atoms with Crippen LogP contribution in [-0.4, -0.2) is 101 Å². The van der Waals surface area contributed by atoms with E-state index in [0.29, 0.717) is 12.8 Å². The molecule has 1 rings (SSSR count). The predicted molar refractivity (Wildman–Crippen MR) is 115 cm³/mol. The highest BCUT2D eigenvalue weighted by Gasteiger charge is 2.50. The maximum atomic E-state index is 12.3. The van der Waals surface area contributed by atoms with E-state index in [9.17, 15) is 24.9 Å². The Morgan fingerprint density at radius 3 is 2.00 bits per heavy atom. The molecular formula is C22H40O11. The first-order valence-corrected chi connectivity index (χ1v) is 11.4. The van der Waals surface area contributed by atoms with Gasteiger partial charge in [0.15, 0.2) is 18.5 Å². The summed E-state index contributed by atoms with van der Waals surface area (Å²) in [6.45, 7) is 7.78. The maximum Gasteiger partial charge on any atom is 0.306 e. The summed E-state index contributed by atoms with van der Waals surface area (Å²) in [6, 6.07) is 0. The molecule has 4 N–H and O–H groups in total. The summed E-state index contributed by atoms with van der Waals surface area (Å²) in [4.78, 5) is 24.5. The molecule has 0 unspecified atom stereocenters. The largest absolute Gasteiger partial charge is 0.455 e. The summed E-state index contributed by atoms with van der Waals surface area (Å²) < 4.78 is 28.0. The van der Waals surface area contributed by atoms with Gasteiger partial charge >= 0.3 is 11.9 Å². The molecule has 1 aliphatic heterocycles. The Balaban J connectivity index is 3.17. The van der Waals surface area contributed by atoms with Crippen LogP contribution in [0.2, 0.25) is 0 Å². The van der Waals surface area contributed by atoms with Gasteiger partial charge in [0.05, 0.1) is 25.4 Å². The lowest BCUT2D eigenvalue weighted by Crippen LogP contribution is -2.62. The van der Waals surface area contributed by atoms with Crippen LogP contribution in [0.5, 0.6) is 0 Å². The molecule has 1 aliphatic rings. The number of ether oxygens (including phenoxy) is 5. The zero-order chi connectivity index (χ0) is 25.2. The van der Waals surface area contributed by atoms with Crippen LogP contribution in [0, 0.1) is 0 Å². The van der Waals surface area contributed by atoms with Crippen LogP contribution in [0.15, 0.2) is 0 Å². The zero-order valence-electron chi connectivity index (χ0n) is 20.1. The molecule has 194 valence electrons. The van der Waals surface area contributed by atoms with Crippen LogP contribution in [-0.2, 0) is 33.3 Å². The summed E-state index contributed by atoms with van der Waals surface area (Å²) in [5, 5.41) is 39.5. The van der Waals surface area contributed by atoms with Crippen LogP contribution in [0.3, 0.4) is 0 Å². The average Bonchev–Trinajstić information content (AvgIpc) is 2.73. The Bertz CT molecular complexity index is 591. The first-order valence-electron chi connectivity index (χ1n) is 11.4. The van der Waals surface area contributed by atoms with Crippen LogP contribution in [0.25, 0.3) is 0 Å². The molecule has 7 atom stereocenters. The van der Waals surface area contributed by atoms with E-state index in [1.54, 1.807) is 13.8 Å². The fraction of sp³-hybridized carbons (Fsp3) is 0.909. The van der Waals surface area contributed by atoms with Gasteiger partial charge in [-0.25, -0.2) is 0 Å². The van der Waals surface area contributed by atoms with Gasteiger partial charge in [-0.05, 0) is 33.6 Å². The van der Waals surface area contributed by atoms with E-state index in [0.717, 1.165) is 0 Å². The topological polar surface area (TPSA) is 161 Å². The van der Waals surface area contributed by atoms with E-state index in [4.69, 9.17) is 28.8 Å². The van der Waals surface area contributed by atoms with E-state index in [2.05, 4.69) is 0 Å². The lowest BCUT2D eigenvalue weighted by Gasteiger charge is -2.44. The van der Waals surface area contributed by atoms with Crippen LogP contribution in [0.1, 0.15) is 60.3 Å². The molecule has 0 amide bonds. The van der Waals surface area contributed by atoms with E-state index in [1.807, 2.05) is 20.8 Å². The third-order valence-electron chi connectivity index (χ3n) is 4.80. The van der Waals surface area contributed by atoms with Crippen molar-refractivity contribution in [2.45, 2.75) is 109 Å². The third-order valence-corrected chi connectivity index (χ3v) is 4.80. The second kappa shape index (κ2) is 14.1. The minimum Gasteiger partial charge on any atom is -0.455 e. The van der Waals surface area contributed by atoms with Gasteiger partial charge < -0.3 is 44.1 Å². The van der Waals surface area contributed by atoms with E-state index < -0.39 is 73.7 Å². The number of carbonyl (C=O) groups excluding carboxylic acids is 2. The molecule has 33 heavy (non-hydrogen) atoms. The molecule has 1 saturated heterocycles. The molecule has 0 bridgehead atoms. The van der Waals surface area contributed by atoms with Crippen molar-refractivity contribution in [2.24, 2.45) is 0 Å². The minimum absolute atomic E-state index is 0.0796. The first-order chi connectivity index (χ1) is 15.4. The molecule has 0 radical (unpaired) electrons. The van der Waals surface area contributed by atoms with Crippen molar-refractivity contribution < 1.29 is 53.7 Å². The third kappa shape index (κ3) is 10.2. The van der Waals surface area contributed by atoms with Crippen molar-refractivity contribution in [1.82, 2.24) is 0 Å². The van der Waals surface area contributed by atoms with Gasteiger partial charge in [-0.3, -0.25) is 9.59 Å². The fourth-order valence-corrected chi connectivity index (χ4v) is 3.01. The van der Waals surface area contributed by atoms with E-state index in [1.165, 1.54) is 0 Å². The Morgan fingerprint density at radius 2 is 1.52 bits per heavy atom. The molecule has 0 aromatic carbocycles. The highest BCUT2D eigenvalue weighted by atomic mass is 16.7. The molecule has 0 aromatic rings. The molecule has 0 aromatic heterocycles. The summed E-state index contributed by atoms with van der Waals surface area (Å²) in [5.41, 5.74) is -0.556. The van der Waals surface area contributed by atoms with Gasteiger partial charge in [0.1, 0.15) is 24.4 Å². The van der Waals surface area contributed by atoms with Crippen molar-refractivity contribution in [2.75, 3.05) is 19.8 Å². The number of esters is 2. The molecular weight excluding hydrogens is 440 g/mol. The average molecular weight is 481 g/mol. The Kier molecular flexibility index (Phi) is 12.7. The van der Waals surface area contributed by atoms with Gasteiger partial charge in [0.25, 0.3) is 0 Å². The summed E-state index contributed by atoms with van der Waals surface area (Å²) in [7, 11) is 0. The highest BCUT2D eigenvalue weighted by molar-refractivity contribution is 5.70. The van der Waals surface area contributed by atoms with Gasteiger partial charge in [-0.1, -0.05) is 13.8 Å². The van der Waals surface area contributed by atoms with Crippen LogP contribution < -0.4 is 0 Å². The minimum atomic E-state index is -1.46. The molecule has 1 fully saturated rings. The second-order valence-electron chi connectivity index (χ2n) is 9.02. The van der Waals surface area contributed by atoms with Crippen molar-refractivity contribution in [3.05, 3.63) is 0 Å². The van der Waals surface area contributed by atoms with Crippen molar-refractivity contribution in [3.63, 3.8) is 0 Å². The quantitative estimate of drug-likeness (QED) is 0.263. The molecule has 0 spiro atoms. The lowest BCUT2D eigenvalue weighted by molar-refractivity contribution is -0.314. The van der Waals surface area contributed by atoms with Gasteiger partial charge in [0.2, 0.25) is 0 Å². The SMILES string of the molecule is CCCC(=O)O[C@@H]1[C@H](OC[C@@H](O)[C@@H](O)CO)O[C@H](COC(C)(C)C)[C@@H](O)[C@@H]1OC(=O)CCC. The Hall–Kier alpha value is -1.34. The highest BCUT2D eigenvalue weighted by Crippen LogP contribution is 2.29. The maximum absolute atomic E-state index is 12.3. The first kappa shape index (κ1) is 29.7. The number of carbonyl (C=O) groups is 2. The standard InChI is InChI=1S/C22H40O11/c1-6-8-16(26)32-19-18(28)15(12-30-22(3,4)5)31-21(20(19)33-17(27)9-7-2)29-11-14(25)13(24)10-23/h13-15,18-21,23-25,28H,6-12H2,1-5H3/t13-,14+,15+,18+,19-,20-,21+/m0/s1. The van der Waals surface area contributed by atoms with Crippen molar-refractivity contribution >= 4 is 11.9 Å². The number of aliphatic hydroxyl groups excluding tert-OH is 4. The molecule has 11 nitrogen and oxygen atoms in total. The lowest BCUT2D eigenvalue weighted by atomic mass is 9.98. The molecule has 0 aliphatic carbocycles. The number of hydrogen-bond acceptors (Lipinski definition) is 11. The van der Waals surface area contributed by atoms with Crippen LogP contribution in [0.4, 0.5) is 0 Å². The molecule has 0 saturated carbocycles. The van der Waals surface area contributed by atoms with Gasteiger partial charge in [0, 0.05) is 12.8 Å². The predicted octanol–water partition coefficient (Wildman–Crippen LogP) is 0.0418. The Morgan fingerprint density at radius 1 is 0.970 bits per heavy atom. The molecule has 11 heteroatoms. The number of aliphatic hydroxyl groups is 4. The summed E-state index contributed by atoms with van der Waals surface area (Å²) in [5.74, 6) is -1.20. The van der Waals surface area contributed by atoms with E-state index in [-0.39, 0.29) is 19.4 Å². The zero-order valence-corrected chi connectivity index (χ0v) is 20.1. The normalized spacial score (nSPS) is 27.6. The Labute approximate surface area is 194 Å².